The third-order valence-electron chi connectivity index (χ3n) is 5.75. The Hall–Kier alpha value is -1.55. The highest BCUT2D eigenvalue weighted by molar-refractivity contribution is 5.80. The molecular formula is C20H32N4. The summed E-state index contributed by atoms with van der Waals surface area (Å²) in [5, 5.41) is 7.23. The summed E-state index contributed by atoms with van der Waals surface area (Å²) in [5.41, 5.74) is 1.76. The standard InChI is InChI=1S/C20H32N4/c1-15(2)24-12-16(3)18(13-24)23-19(21-4)22-14-20(10-11-20)17-8-6-5-7-9-17/h5-9,15-16,18H,10-14H2,1-4H3,(H2,21,22,23). The molecule has 1 aliphatic carbocycles. The number of nitrogens with one attached hydrogen (secondary N) is 2. The summed E-state index contributed by atoms with van der Waals surface area (Å²) in [6.07, 6.45) is 2.53. The van der Waals surface area contributed by atoms with Gasteiger partial charge in [0, 0.05) is 44.2 Å². The minimum absolute atomic E-state index is 0.310. The second-order valence-corrected chi connectivity index (χ2v) is 7.85. The number of rotatable bonds is 5. The van der Waals surface area contributed by atoms with Gasteiger partial charge in [0.05, 0.1) is 0 Å². The molecule has 2 fully saturated rings. The molecule has 24 heavy (non-hydrogen) atoms. The molecule has 1 saturated carbocycles. The van der Waals surface area contributed by atoms with Gasteiger partial charge in [0.15, 0.2) is 5.96 Å². The van der Waals surface area contributed by atoms with Crippen molar-refractivity contribution >= 4 is 5.96 Å². The fourth-order valence-electron chi connectivity index (χ4n) is 3.75. The van der Waals surface area contributed by atoms with E-state index in [1.54, 1.807) is 0 Å². The molecule has 1 saturated heterocycles. The molecule has 0 radical (unpaired) electrons. The van der Waals surface area contributed by atoms with Crippen LogP contribution < -0.4 is 10.6 Å². The lowest BCUT2D eigenvalue weighted by Crippen LogP contribution is -2.48. The average molecular weight is 329 g/mol. The zero-order chi connectivity index (χ0) is 17.2. The molecule has 2 unspecified atom stereocenters. The van der Waals surface area contributed by atoms with Crippen LogP contribution in [0.5, 0.6) is 0 Å². The van der Waals surface area contributed by atoms with Gasteiger partial charge in [-0.1, -0.05) is 37.3 Å². The number of benzene rings is 1. The quantitative estimate of drug-likeness (QED) is 0.645. The van der Waals surface area contributed by atoms with E-state index in [1.807, 2.05) is 7.05 Å². The molecule has 4 nitrogen and oxygen atoms in total. The van der Waals surface area contributed by atoms with Crippen LogP contribution in [0.25, 0.3) is 0 Å². The van der Waals surface area contributed by atoms with Crippen LogP contribution in [0.3, 0.4) is 0 Å². The third kappa shape index (κ3) is 3.75. The van der Waals surface area contributed by atoms with Crippen LogP contribution in [-0.2, 0) is 5.41 Å². The van der Waals surface area contributed by atoms with Crippen LogP contribution in [-0.4, -0.2) is 49.6 Å². The summed E-state index contributed by atoms with van der Waals surface area (Å²) in [6.45, 7) is 10.1. The van der Waals surface area contributed by atoms with Crippen molar-refractivity contribution in [2.75, 3.05) is 26.7 Å². The number of aliphatic imine (C=N–C) groups is 1. The van der Waals surface area contributed by atoms with E-state index in [0.717, 1.165) is 19.0 Å². The largest absolute Gasteiger partial charge is 0.356 e. The molecule has 3 rings (SSSR count). The summed E-state index contributed by atoms with van der Waals surface area (Å²) in [6, 6.07) is 12.0. The van der Waals surface area contributed by atoms with Crippen molar-refractivity contribution in [3.05, 3.63) is 35.9 Å². The van der Waals surface area contributed by atoms with Crippen molar-refractivity contribution in [1.29, 1.82) is 0 Å². The van der Waals surface area contributed by atoms with Gasteiger partial charge in [0.25, 0.3) is 0 Å². The summed E-state index contributed by atoms with van der Waals surface area (Å²) in [5.74, 6) is 1.59. The monoisotopic (exact) mass is 328 g/mol. The lowest BCUT2D eigenvalue weighted by atomic mass is 9.96. The van der Waals surface area contributed by atoms with Crippen molar-refractivity contribution in [1.82, 2.24) is 15.5 Å². The van der Waals surface area contributed by atoms with Gasteiger partial charge < -0.3 is 10.6 Å². The SMILES string of the molecule is CN=C(NCC1(c2ccccc2)CC1)NC1CN(C(C)C)CC1C. The van der Waals surface area contributed by atoms with E-state index in [1.165, 1.54) is 24.9 Å². The second kappa shape index (κ2) is 7.14. The maximum Gasteiger partial charge on any atom is 0.191 e. The van der Waals surface area contributed by atoms with Crippen molar-refractivity contribution in [3.63, 3.8) is 0 Å². The highest BCUT2D eigenvalue weighted by Crippen LogP contribution is 2.47. The molecule has 1 heterocycles. The van der Waals surface area contributed by atoms with Crippen molar-refractivity contribution in [2.24, 2.45) is 10.9 Å². The van der Waals surface area contributed by atoms with Gasteiger partial charge in [-0.05, 0) is 38.2 Å². The first kappa shape index (κ1) is 17.3. The van der Waals surface area contributed by atoms with Crippen LogP contribution in [0, 0.1) is 5.92 Å². The van der Waals surface area contributed by atoms with E-state index < -0.39 is 0 Å². The Balaban J connectivity index is 1.55. The van der Waals surface area contributed by atoms with E-state index in [2.05, 4.69) is 71.6 Å². The molecule has 0 spiro atoms. The molecule has 132 valence electrons. The molecule has 0 bridgehead atoms. The minimum Gasteiger partial charge on any atom is -0.356 e. The van der Waals surface area contributed by atoms with Gasteiger partial charge >= 0.3 is 0 Å². The Kier molecular flexibility index (Phi) is 5.14. The topological polar surface area (TPSA) is 39.7 Å². The summed E-state index contributed by atoms with van der Waals surface area (Å²) in [7, 11) is 1.87. The molecule has 1 aliphatic heterocycles. The molecule has 1 aromatic rings. The maximum atomic E-state index is 4.46. The predicted octanol–water partition coefficient (Wildman–Crippen LogP) is 2.61. The molecule has 2 N–H and O–H groups in total. The first-order chi connectivity index (χ1) is 11.5. The summed E-state index contributed by atoms with van der Waals surface area (Å²) >= 11 is 0. The normalized spacial score (nSPS) is 26.6. The number of guanidine groups is 1. The number of hydrogen-bond donors (Lipinski definition) is 2. The Bertz CT molecular complexity index is 562. The second-order valence-electron chi connectivity index (χ2n) is 7.85. The van der Waals surface area contributed by atoms with Crippen LogP contribution in [0.4, 0.5) is 0 Å². The first-order valence-electron chi connectivity index (χ1n) is 9.31. The molecular weight excluding hydrogens is 296 g/mol. The summed E-state index contributed by atoms with van der Waals surface area (Å²) in [4.78, 5) is 7.00. The van der Waals surface area contributed by atoms with Crippen molar-refractivity contribution < 1.29 is 0 Å². The minimum atomic E-state index is 0.310. The zero-order valence-corrected chi connectivity index (χ0v) is 15.5. The highest BCUT2D eigenvalue weighted by atomic mass is 15.3. The maximum absolute atomic E-state index is 4.46. The highest BCUT2D eigenvalue weighted by Gasteiger charge is 2.44. The van der Waals surface area contributed by atoms with E-state index in [4.69, 9.17) is 0 Å². The lowest BCUT2D eigenvalue weighted by Gasteiger charge is -2.23. The van der Waals surface area contributed by atoms with Gasteiger partial charge in [0.2, 0.25) is 0 Å². The van der Waals surface area contributed by atoms with E-state index in [-0.39, 0.29) is 0 Å². The van der Waals surface area contributed by atoms with Crippen LogP contribution in [0.1, 0.15) is 39.2 Å². The fraction of sp³-hybridized carbons (Fsp3) is 0.650. The molecule has 0 amide bonds. The molecule has 4 heteroatoms. The van der Waals surface area contributed by atoms with Gasteiger partial charge in [-0.3, -0.25) is 9.89 Å². The Labute approximate surface area is 146 Å². The zero-order valence-electron chi connectivity index (χ0n) is 15.5. The van der Waals surface area contributed by atoms with Gasteiger partial charge in [0.1, 0.15) is 0 Å². The molecule has 2 atom stereocenters. The van der Waals surface area contributed by atoms with Crippen LogP contribution in [0.15, 0.2) is 35.3 Å². The van der Waals surface area contributed by atoms with Gasteiger partial charge in [-0.15, -0.1) is 0 Å². The van der Waals surface area contributed by atoms with Crippen molar-refractivity contribution in [2.45, 2.75) is 51.1 Å². The Morgan fingerprint density at radius 2 is 1.96 bits per heavy atom. The summed E-state index contributed by atoms with van der Waals surface area (Å²) < 4.78 is 0. The Morgan fingerprint density at radius 1 is 1.25 bits per heavy atom. The van der Waals surface area contributed by atoms with Gasteiger partial charge in [-0.25, -0.2) is 0 Å². The number of likely N-dealkylation sites (tertiary alicyclic amines) is 1. The van der Waals surface area contributed by atoms with E-state index >= 15 is 0 Å². The number of hydrogen-bond acceptors (Lipinski definition) is 2. The van der Waals surface area contributed by atoms with Crippen LogP contribution >= 0.6 is 0 Å². The fourth-order valence-corrected chi connectivity index (χ4v) is 3.75. The first-order valence-corrected chi connectivity index (χ1v) is 9.31. The van der Waals surface area contributed by atoms with Crippen molar-refractivity contribution in [3.8, 4) is 0 Å². The predicted molar refractivity (Wildman–Crippen MR) is 102 cm³/mol. The Morgan fingerprint density at radius 3 is 2.50 bits per heavy atom. The third-order valence-corrected chi connectivity index (χ3v) is 5.75. The van der Waals surface area contributed by atoms with E-state index in [0.29, 0.717) is 23.4 Å². The molecule has 1 aromatic carbocycles. The van der Waals surface area contributed by atoms with Crippen LogP contribution in [0.2, 0.25) is 0 Å². The molecule has 0 aromatic heterocycles. The average Bonchev–Trinajstić information content (AvgIpc) is 3.30. The van der Waals surface area contributed by atoms with Gasteiger partial charge in [-0.2, -0.15) is 0 Å². The van der Waals surface area contributed by atoms with E-state index in [9.17, 15) is 0 Å². The lowest BCUT2D eigenvalue weighted by molar-refractivity contribution is 0.265. The molecule has 2 aliphatic rings. The smallest absolute Gasteiger partial charge is 0.191 e. The number of nitrogens with zero attached hydrogens (tertiary/aromatic N) is 2.